The van der Waals surface area contributed by atoms with Gasteiger partial charge in [0.05, 0.1) is 0 Å². The van der Waals surface area contributed by atoms with Crippen molar-refractivity contribution in [2.24, 2.45) is 0 Å². The van der Waals surface area contributed by atoms with Crippen LogP contribution in [0.3, 0.4) is 0 Å². The summed E-state index contributed by atoms with van der Waals surface area (Å²) in [7, 11) is 0. The van der Waals surface area contributed by atoms with Crippen molar-refractivity contribution < 1.29 is 14.7 Å². The second-order valence-electron chi connectivity index (χ2n) is 1.14. The minimum atomic E-state index is -1.01. The number of aldehydes is 1. The maximum atomic E-state index is 10.2. The highest BCUT2D eigenvalue weighted by atomic mass is 16.2. The summed E-state index contributed by atoms with van der Waals surface area (Å²) in [6.07, 6.45) is 0.266. The molecular weight excluding hydrogens is 122 g/mol. The van der Waals surface area contributed by atoms with Crippen LogP contribution in [-0.4, -0.2) is 17.2 Å². The molecule has 0 aromatic carbocycles. The highest BCUT2D eigenvalue weighted by Gasteiger charge is 2.05. The summed E-state index contributed by atoms with van der Waals surface area (Å²) in [5.41, 5.74) is -0.551. The van der Waals surface area contributed by atoms with Gasteiger partial charge < -0.3 is 5.11 Å². The van der Waals surface area contributed by atoms with Gasteiger partial charge in [-0.05, 0) is 0 Å². The molecular formula is C5H3NO3. The van der Waals surface area contributed by atoms with Gasteiger partial charge in [0.1, 0.15) is 17.9 Å². The normalized spacial score (nSPS) is 9.89. The third-order valence-corrected chi connectivity index (χ3v) is 0.622. The largest absolute Gasteiger partial charge is 0.514 e. The van der Waals surface area contributed by atoms with E-state index in [2.05, 4.69) is 0 Å². The van der Waals surface area contributed by atoms with Crippen LogP contribution in [0, 0.1) is 11.3 Å². The number of allylic oxidation sites excluding steroid dienone is 1. The van der Waals surface area contributed by atoms with Gasteiger partial charge in [0, 0.05) is 0 Å². The molecule has 0 rings (SSSR count). The second kappa shape index (κ2) is 3.38. The number of carbonyl (C=O) groups is 2. The van der Waals surface area contributed by atoms with Crippen LogP contribution < -0.4 is 0 Å². The molecule has 46 valence electrons. The molecule has 0 amide bonds. The van der Waals surface area contributed by atoms with Gasteiger partial charge in [0.15, 0.2) is 6.29 Å². The number of rotatable bonds is 2. The molecule has 0 radical (unpaired) electrons. The molecule has 1 N–H and O–H groups in total. The Kier molecular flexibility index (Phi) is 2.77. The zero-order valence-corrected chi connectivity index (χ0v) is 4.37. The van der Waals surface area contributed by atoms with Gasteiger partial charge in [0.25, 0.3) is 0 Å². The summed E-state index contributed by atoms with van der Waals surface area (Å²) in [6.45, 7) is 0. The van der Waals surface area contributed by atoms with Crippen molar-refractivity contribution in [1.82, 2.24) is 0 Å². The number of aliphatic hydroxyl groups is 1. The maximum Gasteiger partial charge on any atom is 0.238 e. The topological polar surface area (TPSA) is 78.2 Å². The summed E-state index contributed by atoms with van der Waals surface area (Å²) in [5, 5.41) is 16.0. The number of aliphatic hydroxyl groups excluding tert-OH is 1. The number of hydrogen-bond acceptors (Lipinski definition) is 4. The maximum absolute atomic E-state index is 10.2. The zero-order chi connectivity index (χ0) is 7.28. The Morgan fingerprint density at radius 3 is 2.33 bits per heavy atom. The van der Waals surface area contributed by atoms with Gasteiger partial charge in [-0.15, -0.1) is 0 Å². The van der Waals surface area contributed by atoms with Crippen molar-refractivity contribution in [2.75, 3.05) is 0 Å². The Bertz CT molecular complexity index is 199. The summed E-state index contributed by atoms with van der Waals surface area (Å²) in [4.78, 5) is 19.8. The van der Waals surface area contributed by atoms with Crippen LogP contribution >= 0.6 is 0 Å². The number of hydrogen-bond donors (Lipinski definition) is 1. The molecule has 0 aliphatic rings. The van der Waals surface area contributed by atoms with Crippen molar-refractivity contribution >= 4 is 12.1 Å². The van der Waals surface area contributed by atoms with Gasteiger partial charge in [-0.25, -0.2) is 0 Å². The molecule has 0 saturated heterocycles. The minimum Gasteiger partial charge on any atom is -0.514 e. The van der Waals surface area contributed by atoms with E-state index in [9.17, 15) is 9.59 Å². The predicted octanol–water partition coefficient (Wildman–Crippen LogP) is -0.280. The van der Waals surface area contributed by atoms with E-state index in [0.29, 0.717) is 6.26 Å². The molecule has 0 bridgehead atoms. The molecule has 0 aliphatic carbocycles. The van der Waals surface area contributed by atoms with Crippen LogP contribution in [0.15, 0.2) is 11.8 Å². The van der Waals surface area contributed by atoms with Gasteiger partial charge >= 0.3 is 0 Å². The molecule has 0 fully saturated rings. The van der Waals surface area contributed by atoms with Gasteiger partial charge in [0.2, 0.25) is 5.78 Å². The zero-order valence-electron chi connectivity index (χ0n) is 4.37. The highest BCUT2D eigenvalue weighted by molar-refractivity contribution is 6.34. The van der Waals surface area contributed by atoms with Gasteiger partial charge in [-0.1, -0.05) is 0 Å². The van der Waals surface area contributed by atoms with Crippen molar-refractivity contribution in [3.05, 3.63) is 11.8 Å². The lowest BCUT2D eigenvalue weighted by molar-refractivity contribution is -0.127. The molecule has 0 saturated carbocycles. The average Bonchev–Trinajstić information content (AvgIpc) is 1.90. The Morgan fingerprint density at radius 2 is 2.22 bits per heavy atom. The van der Waals surface area contributed by atoms with E-state index in [1.54, 1.807) is 0 Å². The van der Waals surface area contributed by atoms with E-state index in [-0.39, 0.29) is 6.29 Å². The summed E-state index contributed by atoms with van der Waals surface area (Å²) in [5.74, 6) is -1.01. The smallest absolute Gasteiger partial charge is 0.238 e. The first kappa shape index (κ1) is 7.37. The van der Waals surface area contributed by atoms with Crippen LogP contribution in [-0.2, 0) is 9.59 Å². The lowest BCUT2D eigenvalue weighted by atomic mass is 10.2. The quantitative estimate of drug-likeness (QED) is 0.181. The summed E-state index contributed by atoms with van der Waals surface area (Å²) < 4.78 is 0. The first-order valence-corrected chi connectivity index (χ1v) is 2.00. The number of carbonyl (C=O) groups excluding carboxylic acids is 2. The number of Topliss-reactive ketones (excluding diaryl/α,β-unsaturated/α-hetero) is 1. The van der Waals surface area contributed by atoms with Gasteiger partial charge in [-0.3, -0.25) is 9.59 Å². The second-order valence-corrected chi connectivity index (χ2v) is 1.14. The minimum absolute atomic E-state index is 0.0364. The number of ketones is 1. The first-order chi connectivity index (χ1) is 4.26. The van der Waals surface area contributed by atoms with Crippen LogP contribution in [0.1, 0.15) is 0 Å². The molecule has 0 aliphatic heterocycles. The van der Waals surface area contributed by atoms with Crippen LogP contribution in [0.4, 0.5) is 0 Å². The fourth-order valence-corrected chi connectivity index (χ4v) is 0.211. The first-order valence-electron chi connectivity index (χ1n) is 2.00. The molecule has 9 heavy (non-hydrogen) atoms. The van der Waals surface area contributed by atoms with Crippen LogP contribution in [0.5, 0.6) is 0 Å². The van der Waals surface area contributed by atoms with E-state index in [1.165, 1.54) is 6.07 Å². The Morgan fingerprint density at radius 1 is 1.67 bits per heavy atom. The third kappa shape index (κ3) is 1.74. The van der Waals surface area contributed by atoms with Crippen molar-refractivity contribution in [2.45, 2.75) is 0 Å². The van der Waals surface area contributed by atoms with E-state index in [4.69, 9.17) is 10.4 Å². The Labute approximate surface area is 51.0 Å². The lowest BCUT2D eigenvalue weighted by Crippen LogP contribution is -2.00. The molecule has 0 aromatic rings. The summed E-state index contributed by atoms with van der Waals surface area (Å²) >= 11 is 0. The molecule has 0 heterocycles. The third-order valence-electron chi connectivity index (χ3n) is 0.622. The van der Waals surface area contributed by atoms with E-state index in [1.807, 2.05) is 0 Å². The molecule has 4 heteroatoms. The van der Waals surface area contributed by atoms with Crippen molar-refractivity contribution in [3.8, 4) is 6.07 Å². The molecule has 0 aromatic heterocycles. The van der Waals surface area contributed by atoms with Crippen molar-refractivity contribution in [1.29, 1.82) is 5.26 Å². The van der Waals surface area contributed by atoms with Crippen molar-refractivity contribution in [3.63, 3.8) is 0 Å². The van der Waals surface area contributed by atoms with E-state index < -0.39 is 11.4 Å². The molecule has 4 nitrogen and oxygen atoms in total. The molecule has 0 spiro atoms. The lowest BCUT2D eigenvalue weighted by Gasteiger charge is -1.80. The predicted molar refractivity (Wildman–Crippen MR) is 27.4 cm³/mol. The van der Waals surface area contributed by atoms with Crippen LogP contribution in [0.25, 0.3) is 0 Å². The fraction of sp³-hybridized carbons (Fsp3) is 0. The van der Waals surface area contributed by atoms with E-state index in [0.717, 1.165) is 0 Å². The monoisotopic (exact) mass is 125 g/mol. The molecule has 0 atom stereocenters. The standard InChI is InChI=1S/C5H3NO3/c6-1-4(2-7)5(9)3-8/h2-3,7H. The Balaban J connectivity index is 4.37. The fourth-order valence-electron chi connectivity index (χ4n) is 0.211. The highest BCUT2D eigenvalue weighted by Crippen LogP contribution is 1.88. The summed E-state index contributed by atoms with van der Waals surface area (Å²) in [6, 6.07) is 1.33. The van der Waals surface area contributed by atoms with Gasteiger partial charge in [-0.2, -0.15) is 5.26 Å². The number of nitriles is 1. The van der Waals surface area contributed by atoms with E-state index >= 15 is 0 Å². The Hall–Kier alpha value is -1.63. The SMILES string of the molecule is N#CC(=CO)C(=O)C=O. The average molecular weight is 125 g/mol. The van der Waals surface area contributed by atoms with Crippen LogP contribution in [0.2, 0.25) is 0 Å². The number of nitrogens with zero attached hydrogens (tertiary/aromatic N) is 1. The molecule has 0 unspecified atom stereocenters.